The van der Waals surface area contributed by atoms with Crippen LogP contribution in [0.25, 0.3) is 10.9 Å². The molecular weight excluding hydrogens is 252 g/mol. The Labute approximate surface area is 118 Å². The first-order chi connectivity index (χ1) is 9.75. The summed E-state index contributed by atoms with van der Waals surface area (Å²) in [6.45, 7) is 2.10. The van der Waals surface area contributed by atoms with E-state index in [1.807, 2.05) is 6.07 Å². The number of aromatic amines is 1. The second-order valence-corrected chi connectivity index (χ2v) is 5.65. The number of hydrogen-bond acceptors (Lipinski definition) is 3. The number of amides is 1. The highest BCUT2D eigenvalue weighted by atomic mass is 16.2. The minimum absolute atomic E-state index is 0.109. The number of nitrogens with one attached hydrogen (secondary N) is 2. The molecule has 1 atom stereocenters. The van der Waals surface area contributed by atoms with Gasteiger partial charge in [-0.3, -0.25) is 14.9 Å². The summed E-state index contributed by atoms with van der Waals surface area (Å²) in [6.07, 6.45) is 9.67. The molecule has 3 rings (SSSR count). The van der Waals surface area contributed by atoms with Gasteiger partial charge in [-0.05, 0) is 31.7 Å². The van der Waals surface area contributed by atoms with E-state index in [1.165, 1.54) is 32.1 Å². The molecule has 2 aromatic rings. The maximum absolute atomic E-state index is 12.4. The topological polar surface area (TPSA) is 70.7 Å². The van der Waals surface area contributed by atoms with E-state index in [9.17, 15) is 4.79 Å². The van der Waals surface area contributed by atoms with Crippen molar-refractivity contribution in [2.75, 3.05) is 0 Å². The Hall–Kier alpha value is -1.91. The van der Waals surface area contributed by atoms with Gasteiger partial charge in [-0.1, -0.05) is 19.3 Å². The second kappa shape index (κ2) is 5.61. The number of aromatic nitrogens is 3. The highest BCUT2D eigenvalue weighted by molar-refractivity contribution is 6.04. The molecular formula is C15H20N4O. The molecule has 1 aliphatic carbocycles. The fourth-order valence-corrected chi connectivity index (χ4v) is 3.06. The highest BCUT2D eigenvalue weighted by Gasteiger charge is 2.23. The maximum atomic E-state index is 12.4. The van der Waals surface area contributed by atoms with Crippen LogP contribution in [0.2, 0.25) is 0 Å². The zero-order valence-electron chi connectivity index (χ0n) is 11.7. The molecule has 0 radical (unpaired) electrons. The van der Waals surface area contributed by atoms with Crippen LogP contribution in [0.15, 0.2) is 18.5 Å². The molecule has 0 aliphatic heterocycles. The molecule has 0 unspecified atom stereocenters. The number of hydrogen-bond donors (Lipinski definition) is 2. The van der Waals surface area contributed by atoms with E-state index in [-0.39, 0.29) is 11.9 Å². The Balaban J connectivity index is 1.72. The quantitative estimate of drug-likeness (QED) is 0.902. The Morgan fingerprint density at radius 1 is 1.40 bits per heavy atom. The van der Waals surface area contributed by atoms with Gasteiger partial charge >= 0.3 is 0 Å². The largest absolute Gasteiger partial charge is 0.348 e. The van der Waals surface area contributed by atoms with Crippen molar-refractivity contribution in [1.82, 2.24) is 20.5 Å². The standard InChI is InChI=1S/C15H20N4O/c1-10(11-5-3-2-4-6-11)17-15(20)14-12-9-16-8-7-13(12)18-19-14/h7-11H,2-6H2,1H3,(H,17,20)(H,18,19)/t10-/m0/s1. The normalized spacial score (nSPS) is 18.1. The number of carbonyl (C=O) groups is 1. The first kappa shape index (κ1) is 13.1. The summed E-state index contributed by atoms with van der Waals surface area (Å²) < 4.78 is 0. The molecule has 106 valence electrons. The lowest BCUT2D eigenvalue weighted by atomic mass is 9.84. The minimum atomic E-state index is -0.109. The van der Waals surface area contributed by atoms with Gasteiger partial charge in [-0.2, -0.15) is 5.10 Å². The lowest BCUT2D eigenvalue weighted by Crippen LogP contribution is -2.39. The molecule has 0 spiro atoms. The van der Waals surface area contributed by atoms with Crippen LogP contribution in [0.3, 0.4) is 0 Å². The highest BCUT2D eigenvalue weighted by Crippen LogP contribution is 2.26. The summed E-state index contributed by atoms with van der Waals surface area (Å²) in [5, 5.41) is 10.9. The van der Waals surface area contributed by atoms with Gasteiger partial charge in [0, 0.05) is 18.4 Å². The van der Waals surface area contributed by atoms with Crippen molar-refractivity contribution < 1.29 is 4.79 Å². The lowest BCUT2D eigenvalue weighted by molar-refractivity contribution is 0.0916. The molecule has 2 aromatic heterocycles. The van der Waals surface area contributed by atoms with Gasteiger partial charge in [0.05, 0.1) is 10.9 Å². The summed E-state index contributed by atoms with van der Waals surface area (Å²) in [5.74, 6) is 0.485. The molecule has 2 heterocycles. The molecule has 1 saturated carbocycles. The number of carbonyl (C=O) groups excluding carboxylic acids is 1. The van der Waals surface area contributed by atoms with E-state index in [0.717, 1.165) is 10.9 Å². The smallest absolute Gasteiger partial charge is 0.272 e. The molecule has 1 fully saturated rings. The van der Waals surface area contributed by atoms with E-state index >= 15 is 0 Å². The molecule has 20 heavy (non-hydrogen) atoms. The molecule has 1 aliphatic rings. The summed E-state index contributed by atoms with van der Waals surface area (Å²) in [4.78, 5) is 16.4. The molecule has 5 nitrogen and oxygen atoms in total. The van der Waals surface area contributed by atoms with Crippen molar-refractivity contribution >= 4 is 16.8 Å². The van der Waals surface area contributed by atoms with Gasteiger partial charge in [-0.25, -0.2) is 0 Å². The molecule has 0 bridgehead atoms. The summed E-state index contributed by atoms with van der Waals surface area (Å²) in [6, 6.07) is 2.02. The third-order valence-electron chi connectivity index (χ3n) is 4.30. The van der Waals surface area contributed by atoms with Gasteiger partial charge in [0.2, 0.25) is 0 Å². The Morgan fingerprint density at radius 3 is 3.00 bits per heavy atom. The van der Waals surface area contributed by atoms with Crippen LogP contribution in [0, 0.1) is 5.92 Å². The minimum Gasteiger partial charge on any atom is -0.348 e. The number of fused-ring (bicyclic) bond motifs is 1. The van der Waals surface area contributed by atoms with E-state index in [2.05, 4.69) is 27.4 Å². The Kier molecular flexibility index (Phi) is 3.67. The fourth-order valence-electron chi connectivity index (χ4n) is 3.06. The van der Waals surface area contributed by atoms with Crippen molar-refractivity contribution in [3.63, 3.8) is 0 Å². The Morgan fingerprint density at radius 2 is 2.20 bits per heavy atom. The molecule has 1 amide bonds. The lowest BCUT2D eigenvalue weighted by Gasteiger charge is -2.28. The first-order valence-corrected chi connectivity index (χ1v) is 7.34. The number of rotatable bonds is 3. The van der Waals surface area contributed by atoms with Crippen LogP contribution < -0.4 is 5.32 Å². The third kappa shape index (κ3) is 2.53. The van der Waals surface area contributed by atoms with E-state index in [0.29, 0.717) is 11.6 Å². The first-order valence-electron chi connectivity index (χ1n) is 7.34. The average molecular weight is 272 g/mol. The SMILES string of the molecule is C[C@H](NC(=O)c1n[nH]c2ccncc12)C1CCCCC1. The van der Waals surface area contributed by atoms with Crippen molar-refractivity contribution in [1.29, 1.82) is 0 Å². The van der Waals surface area contributed by atoms with Crippen molar-refractivity contribution in [3.8, 4) is 0 Å². The fraction of sp³-hybridized carbons (Fsp3) is 0.533. The number of pyridine rings is 1. The van der Waals surface area contributed by atoms with Crippen LogP contribution in [-0.2, 0) is 0 Å². The second-order valence-electron chi connectivity index (χ2n) is 5.65. The van der Waals surface area contributed by atoms with Gasteiger partial charge in [0.25, 0.3) is 5.91 Å². The molecule has 0 saturated heterocycles. The van der Waals surface area contributed by atoms with E-state index in [4.69, 9.17) is 0 Å². The van der Waals surface area contributed by atoms with Crippen LogP contribution in [0.1, 0.15) is 49.5 Å². The zero-order chi connectivity index (χ0) is 13.9. The number of H-pyrrole nitrogens is 1. The van der Waals surface area contributed by atoms with Crippen LogP contribution >= 0.6 is 0 Å². The summed E-state index contributed by atoms with van der Waals surface area (Å²) >= 11 is 0. The van der Waals surface area contributed by atoms with Gasteiger partial charge < -0.3 is 5.32 Å². The van der Waals surface area contributed by atoms with Crippen molar-refractivity contribution in [3.05, 3.63) is 24.2 Å². The summed E-state index contributed by atoms with van der Waals surface area (Å²) in [7, 11) is 0. The van der Waals surface area contributed by atoms with Gasteiger partial charge in [-0.15, -0.1) is 0 Å². The van der Waals surface area contributed by atoms with Crippen molar-refractivity contribution in [2.24, 2.45) is 5.92 Å². The van der Waals surface area contributed by atoms with Crippen LogP contribution in [-0.4, -0.2) is 27.1 Å². The zero-order valence-corrected chi connectivity index (χ0v) is 11.7. The van der Waals surface area contributed by atoms with Crippen LogP contribution in [0.4, 0.5) is 0 Å². The van der Waals surface area contributed by atoms with Crippen LogP contribution in [0.5, 0.6) is 0 Å². The molecule has 2 N–H and O–H groups in total. The molecule has 5 heteroatoms. The maximum Gasteiger partial charge on any atom is 0.272 e. The van der Waals surface area contributed by atoms with Crippen molar-refractivity contribution in [2.45, 2.75) is 45.1 Å². The van der Waals surface area contributed by atoms with E-state index < -0.39 is 0 Å². The molecule has 0 aromatic carbocycles. The summed E-state index contributed by atoms with van der Waals surface area (Å²) in [5.41, 5.74) is 1.28. The third-order valence-corrected chi connectivity index (χ3v) is 4.30. The van der Waals surface area contributed by atoms with Gasteiger partial charge in [0.1, 0.15) is 0 Å². The van der Waals surface area contributed by atoms with E-state index in [1.54, 1.807) is 12.4 Å². The average Bonchev–Trinajstić information content (AvgIpc) is 2.92. The monoisotopic (exact) mass is 272 g/mol. The number of nitrogens with zero attached hydrogens (tertiary/aromatic N) is 2. The predicted octanol–water partition coefficient (Wildman–Crippen LogP) is 2.66. The Bertz CT molecular complexity index is 601. The predicted molar refractivity (Wildman–Crippen MR) is 77.4 cm³/mol. The van der Waals surface area contributed by atoms with Gasteiger partial charge in [0.15, 0.2) is 5.69 Å².